The van der Waals surface area contributed by atoms with E-state index < -0.39 is 0 Å². The van der Waals surface area contributed by atoms with Crippen molar-refractivity contribution in [3.05, 3.63) is 35.9 Å². The lowest BCUT2D eigenvalue weighted by Gasteiger charge is -2.52. The van der Waals surface area contributed by atoms with Gasteiger partial charge in [0.2, 0.25) is 0 Å². The summed E-state index contributed by atoms with van der Waals surface area (Å²) in [7, 11) is 0. The van der Waals surface area contributed by atoms with E-state index in [1.807, 2.05) is 0 Å². The van der Waals surface area contributed by atoms with Crippen LogP contribution >= 0.6 is 0 Å². The zero-order valence-corrected chi connectivity index (χ0v) is 12.1. The van der Waals surface area contributed by atoms with Crippen LogP contribution in [0.3, 0.4) is 0 Å². The van der Waals surface area contributed by atoms with Crippen molar-refractivity contribution in [2.24, 2.45) is 0 Å². The van der Waals surface area contributed by atoms with Gasteiger partial charge in [-0.25, -0.2) is 0 Å². The SMILES string of the molecule is CC(c1ccccc1)N1CCNCC12CCCCC2. The van der Waals surface area contributed by atoms with Crippen LogP contribution in [0.2, 0.25) is 0 Å². The van der Waals surface area contributed by atoms with Gasteiger partial charge in [-0.15, -0.1) is 0 Å². The molecule has 0 radical (unpaired) electrons. The largest absolute Gasteiger partial charge is 0.314 e. The summed E-state index contributed by atoms with van der Waals surface area (Å²) in [5.74, 6) is 0. The highest BCUT2D eigenvalue weighted by molar-refractivity contribution is 5.19. The van der Waals surface area contributed by atoms with E-state index in [1.165, 1.54) is 50.8 Å². The molecule has 1 saturated carbocycles. The average molecular weight is 258 g/mol. The summed E-state index contributed by atoms with van der Waals surface area (Å²) in [5, 5.41) is 3.64. The molecule has 1 heterocycles. The monoisotopic (exact) mass is 258 g/mol. The Balaban J connectivity index is 1.84. The number of benzene rings is 1. The summed E-state index contributed by atoms with van der Waals surface area (Å²) in [5.41, 5.74) is 1.89. The maximum atomic E-state index is 3.64. The van der Waals surface area contributed by atoms with Gasteiger partial charge in [0.15, 0.2) is 0 Å². The van der Waals surface area contributed by atoms with Crippen LogP contribution in [-0.4, -0.2) is 30.1 Å². The molecule has 3 rings (SSSR count). The van der Waals surface area contributed by atoms with E-state index in [4.69, 9.17) is 0 Å². The fourth-order valence-corrected chi connectivity index (χ4v) is 4.05. The molecule has 1 aliphatic heterocycles. The van der Waals surface area contributed by atoms with Crippen molar-refractivity contribution in [2.75, 3.05) is 19.6 Å². The molecular weight excluding hydrogens is 232 g/mol. The van der Waals surface area contributed by atoms with Crippen molar-refractivity contribution in [2.45, 2.75) is 50.6 Å². The standard InChI is InChI=1S/C17H26N2/c1-15(16-8-4-2-5-9-16)19-13-12-18-14-17(19)10-6-3-7-11-17/h2,4-5,8-9,15,18H,3,6-7,10-14H2,1H3. The van der Waals surface area contributed by atoms with E-state index in [0.29, 0.717) is 11.6 Å². The zero-order chi connectivity index (χ0) is 13.1. The second-order valence-electron chi connectivity index (χ2n) is 6.24. The molecule has 1 N–H and O–H groups in total. The minimum atomic E-state index is 0.422. The highest BCUT2D eigenvalue weighted by Gasteiger charge is 2.41. The van der Waals surface area contributed by atoms with E-state index in [0.717, 1.165) is 6.54 Å². The second kappa shape index (κ2) is 5.64. The third-order valence-corrected chi connectivity index (χ3v) is 5.13. The molecule has 2 nitrogen and oxygen atoms in total. The lowest BCUT2D eigenvalue weighted by atomic mass is 9.78. The second-order valence-corrected chi connectivity index (χ2v) is 6.24. The minimum Gasteiger partial charge on any atom is -0.314 e. The van der Waals surface area contributed by atoms with Gasteiger partial charge in [-0.3, -0.25) is 4.90 Å². The third-order valence-electron chi connectivity index (χ3n) is 5.13. The van der Waals surface area contributed by atoms with Crippen molar-refractivity contribution in [3.63, 3.8) is 0 Å². The smallest absolute Gasteiger partial charge is 0.0340 e. The first-order chi connectivity index (χ1) is 9.32. The molecule has 0 bridgehead atoms. The van der Waals surface area contributed by atoms with Gasteiger partial charge < -0.3 is 5.32 Å². The van der Waals surface area contributed by atoms with Crippen LogP contribution in [0, 0.1) is 0 Å². The minimum absolute atomic E-state index is 0.422. The van der Waals surface area contributed by atoms with Gasteiger partial charge in [0.05, 0.1) is 0 Å². The number of nitrogens with zero attached hydrogens (tertiary/aromatic N) is 1. The summed E-state index contributed by atoms with van der Waals surface area (Å²) in [6, 6.07) is 11.6. The number of nitrogens with one attached hydrogen (secondary N) is 1. The van der Waals surface area contributed by atoms with Crippen LogP contribution in [0.5, 0.6) is 0 Å². The number of hydrogen-bond donors (Lipinski definition) is 1. The van der Waals surface area contributed by atoms with Crippen molar-refractivity contribution in [3.8, 4) is 0 Å². The van der Waals surface area contributed by atoms with Gasteiger partial charge in [-0.2, -0.15) is 0 Å². The summed E-state index contributed by atoms with van der Waals surface area (Å²) in [6.07, 6.45) is 6.98. The maximum Gasteiger partial charge on any atom is 0.0340 e. The van der Waals surface area contributed by atoms with E-state index in [1.54, 1.807) is 0 Å². The van der Waals surface area contributed by atoms with Crippen LogP contribution in [-0.2, 0) is 0 Å². The fourth-order valence-electron chi connectivity index (χ4n) is 4.05. The van der Waals surface area contributed by atoms with Gasteiger partial charge in [-0.05, 0) is 25.3 Å². The molecule has 1 aliphatic carbocycles. The van der Waals surface area contributed by atoms with Gasteiger partial charge in [0.1, 0.15) is 0 Å². The van der Waals surface area contributed by atoms with Crippen LogP contribution in [0.25, 0.3) is 0 Å². The number of piperazine rings is 1. The van der Waals surface area contributed by atoms with E-state index in [-0.39, 0.29) is 0 Å². The van der Waals surface area contributed by atoms with Gasteiger partial charge in [0, 0.05) is 31.2 Å². The lowest BCUT2D eigenvalue weighted by Crippen LogP contribution is -2.62. The summed E-state index contributed by atoms with van der Waals surface area (Å²) >= 11 is 0. The number of rotatable bonds is 2. The molecule has 104 valence electrons. The first kappa shape index (κ1) is 13.1. The predicted octanol–water partition coefficient (Wildman–Crippen LogP) is 3.36. The van der Waals surface area contributed by atoms with E-state index in [2.05, 4.69) is 47.5 Å². The van der Waals surface area contributed by atoms with Crippen LogP contribution in [0.4, 0.5) is 0 Å². The maximum absolute atomic E-state index is 3.64. The Bertz CT molecular complexity index is 387. The Labute approximate surface area is 117 Å². The first-order valence-electron chi connectivity index (χ1n) is 7.84. The molecule has 2 aliphatic rings. The van der Waals surface area contributed by atoms with Crippen molar-refractivity contribution < 1.29 is 0 Å². The first-order valence-corrected chi connectivity index (χ1v) is 7.84. The molecule has 2 fully saturated rings. The third kappa shape index (κ3) is 2.56. The topological polar surface area (TPSA) is 15.3 Å². The summed E-state index contributed by atoms with van der Waals surface area (Å²) < 4.78 is 0. The van der Waals surface area contributed by atoms with Gasteiger partial charge in [0.25, 0.3) is 0 Å². The molecule has 1 atom stereocenters. The quantitative estimate of drug-likeness (QED) is 0.875. The molecule has 19 heavy (non-hydrogen) atoms. The average Bonchev–Trinajstić information content (AvgIpc) is 2.49. The molecular formula is C17H26N2. The van der Waals surface area contributed by atoms with Crippen LogP contribution < -0.4 is 5.32 Å². The van der Waals surface area contributed by atoms with E-state index in [9.17, 15) is 0 Å². The Morgan fingerprint density at radius 3 is 2.58 bits per heavy atom. The van der Waals surface area contributed by atoms with Crippen molar-refractivity contribution >= 4 is 0 Å². The Morgan fingerprint density at radius 2 is 1.84 bits per heavy atom. The van der Waals surface area contributed by atoms with Crippen molar-refractivity contribution in [1.29, 1.82) is 0 Å². The summed E-state index contributed by atoms with van der Waals surface area (Å²) in [6.45, 7) is 5.90. The molecule has 2 heteroatoms. The van der Waals surface area contributed by atoms with Crippen LogP contribution in [0.1, 0.15) is 50.6 Å². The summed E-state index contributed by atoms with van der Waals surface area (Å²) in [4.78, 5) is 2.79. The number of hydrogen-bond acceptors (Lipinski definition) is 2. The normalized spacial score (nSPS) is 25.3. The predicted molar refractivity (Wildman–Crippen MR) is 80.2 cm³/mol. The zero-order valence-electron chi connectivity index (χ0n) is 12.1. The molecule has 0 aromatic heterocycles. The molecule has 1 saturated heterocycles. The Morgan fingerprint density at radius 1 is 1.11 bits per heavy atom. The fraction of sp³-hybridized carbons (Fsp3) is 0.647. The molecule has 0 amide bonds. The van der Waals surface area contributed by atoms with Gasteiger partial charge in [-0.1, -0.05) is 49.6 Å². The Hall–Kier alpha value is -0.860. The lowest BCUT2D eigenvalue weighted by molar-refractivity contribution is -0.00278. The highest BCUT2D eigenvalue weighted by Crippen LogP contribution is 2.39. The molecule has 1 aromatic carbocycles. The van der Waals surface area contributed by atoms with Crippen LogP contribution in [0.15, 0.2) is 30.3 Å². The van der Waals surface area contributed by atoms with Crippen molar-refractivity contribution in [1.82, 2.24) is 10.2 Å². The molecule has 1 unspecified atom stereocenters. The Kier molecular flexibility index (Phi) is 3.90. The molecule has 1 aromatic rings. The van der Waals surface area contributed by atoms with E-state index >= 15 is 0 Å². The molecule has 1 spiro atoms. The highest BCUT2D eigenvalue weighted by atomic mass is 15.3. The van der Waals surface area contributed by atoms with Gasteiger partial charge >= 0.3 is 0 Å².